The van der Waals surface area contributed by atoms with E-state index in [1.54, 1.807) is 18.2 Å². The maximum atomic E-state index is 13.0. The molecule has 0 fully saturated rings. The first-order chi connectivity index (χ1) is 12.1. The third-order valence-corrected chi connectivity index (χ3v) is 4.29. The molecule has 0 spiro atoms. The second-order valence-electron chi connectivity index (χ2n) is 5.52. The van der Waals surface area contributed by atoms with Crippen LogP contribution in [0, 0.1) is 0 Å². The zero-order valence-electron chi connectivity index (χ0n) is 13.1. The lowest BCUT2D eigenvalue weighted by molar-refractivity contribution is 0.0949. The smallest absolute Gasteiger partial charge is 0.282 e. The van der Waals surface area contributed by atoms with Gasteiger partial charge in [-0.25, -0.2) is 0 Å². The molecule has 0 radical (unpaired) electrons. The Morgan fingerprint density at radius 3 is 2.52 bits per heavy atom. The van der Waals surface area contributed by atoms with E-state index in [1.807, 2.05) is 48.5 Å². The Morgan fingerprint density at radius 1 is 0.960 bits per heavy atom. The minimum atomic E-state index is -0.333. The molecule has 0 saturated heterocycles. The third-order valence-electron chi connectivity index (χ3n) is 3.96. The summed E-state index contributed by atoms with van der Waals surface area (Å²) in [5.74, 6) is 0.00430. The van der Waals surface area contributed by atoms with Gasteiger partial charge in [-0.3, -0.25) is 4.79 Å². The van der Waals surface area contributed by atoms with Gasteiger partial charge in [-0.15, -0.1) is 5.10 Å². The molecule has 0 atom stereocenters. The number of carbonyl (C=O) groups excluding carboxylic acids is 1. The molecule has 1 aromatic heterocycles. The summed E-state index contributed by atoms with van der Waals surface area (Å²) in [6, 6.07) is 20.3. The number of nitrogens with two attached hydrogens (primary N) is 1. The number of halogens is 1. The number of hydrogen-bond acceptors (Lipinski definition) is 4. The predicted molar refractivity (Wildman–Crippen MR) is 98.6 cm³/mol. The second-order valence-corrected chi connectivity index (χ2v) is 5.92. The van der Waals surface area contributed by atoms with Gasteiger partial charge >= 0.3 is 0 Å². The average molecular weight is 349 g/mol. The van der Waals surface area contributed by atoms with E-state index in [4.69, 9.17) is 17.3 Å². The van der Waals surface area contributed by atoms with Gasteiger partial charge in [-0.1, -0.05) is 60.1 Å². The Hall–Kier alpha value is -3.18. The summed E-state index contributed by atoms with van der Waals surface area (Å²) in [5.41, 5.74) is 7.08. The number of nitrogen functional groups attached to an aromatic ring is 1. The molecule has 1 heterocycles. The molecule has 0 unspecified atom stereocenters. The molecule has 0 bridgehead atoms. The summed E-state index contributed by atoms with van der Waals surface area (Å²) in [7, 11) is 0. The molecule has 0 aliphatic heterocycles. The number of carbonyl (C=O) groups is 1. The summed E-state index contributed by atoms with van der Waals surface area (Å²) in [4.78, 5) is 17.2. The van der Waals surface area contributed by atoms with Crippen LogP contribution in [-0.2, 0) is 0 Å². The number of rotatable bonds is 2. The van der Waals surface area contributed by atoms with E-state index in [1.165, 1.54) is 0 Å². The number of aromatic nitrogens is 3. The molecule has 5 nitrogen and oxygen atoms in total. The van der Waals surface area contributed by atoms with Crippen molar-refractivity contribution in [1.29, 1.82) is 0 Å². The molecule has 3 aromatic carbocycles. The van der Waals surface area contributed by atoms with Crippen molar-refractivity contribution in [2.45, 2.75) is 0 Å². The van der Waals surface area contributed by atoms with Crippen LogP contribution in [0.5, 0.6) is 0 Å². The molecule has 0 aliphatic rings. The fourth-order valence-electron chi connectivity index (χ4n) is 2.76. The molecule has 0 amide bonds. The highest BCUT2D eigenvalue weighted by molar-refractivity contribution is 6.33. The maximum Gasteiger partial charge on any atom is 0.282 e. The largest absolute Gasteiger partial charge is 0.368 e. The zero-order chi connectivity index (χ0) is 17.4. The van der Waals surface area contributed by atoms with Crippen LogP contribution in [-0.4, -0.2) is 20.7 Å². The molecule has 2 N–H and O–H groups in total. The number of fused-ring (bicyclic) bond motifs is 1. The highest BCUT2D eigenvalue weighted by atomic mass is 35.5. The van der Waals surface area contributed by atoms with E-state index in [2.05, 4.69) is 10.1 Å². The van der Waals surface area contributed by atoms with Crippen molar-refractivity contribution in [3.8, 4) is 11.4 Å². The first-order valence-electron chi connectivity index (χ1n) is 7.65. The Kier molecular flexibility index (Phi) is 3.71. The van der Waals surface area contributed by atoms with Crippen molar-refractivity contribution in [1.82, 2.24) is 14.8 Å². The normalized spacial score (nSPS) is 10.9. The van der Waals surface area contributed by atoms with Crippen LogP contribution in [0.1, 0.15) is 10.4 Å². The first kappa shape index (κ1) is 15.4. The summed E-state index contributed by atoms with van der Waals surface area (Å²) in [6.45, 7) is 0. The zero-order valence-corrected chi connectivity index (χ0v) is 13.8. The van der Waals surface area contributed by atoms with Crippen LogP contribution in [0.2, 0.25) is 5.02 Å². The molecule has 6 heteroatoms. The van der Waals surface area contributed by atoms with E-state index < -0.39 is 0 Å². The van der Waals surface area contributed by atoms with Crippen LogP contribution >= 0.6 is 11.6 Å². The molecule has 0 aliphatic carbocycles. The van der Waals surface area contributed by atoms with E-state index in [0.29, 0.717) is 22.0 Å². The SMILES string of the molecule is Nc1nc(-c2ccccc2Cl)nn1C(=O)c1cccc2ccccc12. The second kappa shape index (κ2) is 6.03. The highest BCUT2D eigenvalue weighted by Gasteiger charge is 2.19. The van der Waals surface area contributed by atoms with Gasteiger partial charge in [-0.2, -0.15) is 9.67 Å². The standard InChI is InChI=1S/C19H13ClN4O/c20-16-11-4-3-9-15(16)17-22-19(21)24(23-17)18(25)14-10-5-7-12-6-1-2-8-13(12)14/h1-11H,(H2,21,22,23). The Morgan fingerprint density at radius 2 is 1.68 bits per heavy atom. The molecular weight excluding hydrogens is 336 g/mol. The van der Waals surface area contributed by atoms with Crippen LogP contribution < -0.4 is 5.73 Å². The van der Waals surface area contributed by atoms with Gasteiger partial charge in [0.15, 0.2) is 5.82 Å². The number of hydrogen-bond donors (Lipinski definition) is 1. The summed E-state index contributed by atoms with van der Waals surface area (Å²) >= 11 is 6.18. The van der Waals surface area contributed by atoms with Crippen LogP contribution in [0.3, 0.4) is 0 Å². The average Bonchev–Trinajstić information content (AvgIpc) is 3.02. The lowest BCUT2D eigenvalue weighted by Gasteiger charge is -2.06. The van der Waals surface area contributed by atoms with Gasteiger partial charge in [0.05, 0.1) is 5.02 Å². The van der Waals surface area contributed by atoms with Crippen molar-refractivity contribution in [2.24, 2.45) is 0 Å². The maximum absolute atomic E-state index is 13.0. The van der Waals surface area contributed by atoms with Gasteiger partial charge < -0.3 is 5.73 Å². The highest BCUT2D eigenvalue weighted by Crippen LogP contribution is 2.26. The molecule has 122 valence electrons. The minimum Gasteiger partial charge on any atom is -0.368 e. The van der Waals surface area contributed by atoms with E-state index in [-0.39, 0.29) is 11.9 Å². The lowest BCUT2D eigenvalue weighted by Crippen LogP contribution is -2.16. The van der Waals surface area contributed by atoms with E-state index >= 15 is 0 Å². The van der Waals surface area contributed by atoms with Gasteiger partial charge in [-0.05, 0) is 29.0 Å². The summed E-state index contributed by atoms with van der Waals surface area (Å²) in [6.07, 6.45) is 0. The number of anilines is 1. The van der Waals surface area contributed by atoms with Gasteiger partial charge in [0.25, 0.3) is 5.91 Å². The lowest BCUT2D eigenvalue weighted by atomic mass is 10.0. The molecule has 4 rings (SSSR count). The van der Waals surface area contributed by atoms with Crippen molar-refractivity contribution in [3.05, 3.63) is 77.3 Å². The molecule has 4 aromatic rings. The van der Waals surface area contributed by atoms with Crippen molar-refractivity contribution >= 4 is 34.2 Å². The quantitative estimate of drug-likeness (QED) is 0.593. The Labute approximate surface area is 148 Å². The van der Waals surface area contributed by atoms with E-state index in [0.717, 1.165) is 15.5 Å². The molecular formula is C19H13ClN4O. The van der Waals surface area contributed by atoms with Crippen LogP contribution in [0.4, 0.5) is 5.95 Å². The number of benzene rings is 3. The Balaban J connectivity index is 1.82. The number of nitrogens with zero attached hydrogens (tertiary/aromatic N) is 3. The van der Waals surface area contributed by atoms with E-state index in [9.17, 15) is 4.79 Å². The van der Waals surface area contributed by atoms with Crippen LogP contribution in [0.25, 0.3) is 22.2 Å². The van der Waals surface area contributed by atoms with Crippen LogP contribution in [0.15, 0.2) is 66.7 Å². The van der Waals surface area contributed by atoms with Crippen molar-refractivity contribution in [3.63, 3.8) is 0 Å². The molecule has 25 heavy (non-hydrogen) atoms. The predicted octanol–water partition coefficient (Wildman–Crippen LogP) is 4.02. The first-order valence-corrected chi connectivity index (χ1v) is 8.03. The summed E-state index contributed by atoms with van der Waals surface area (Å²) < 4.78 is 1.11. The van der Waals surface area contributed by atoms with Gasteiger partial charge in [0, 0.05) is 11.1 Å². The van der Waals surface area contributed by atoms with Gasteiger partial charge in [0.1, 0.15) is 0 Å². The third kappa shape index (κ3) is 2.64. The summed E-state index contributed by atoms with van der Waals surface area (Å²) in [5, 5.41) is 6.58. The van der Waals surface area contributed by atoms with Crippen molar-refractivity contribution in [2.75, 3.05) is 5.73 Å². The minimum absolute atomic E-state index is 0.0212. The molecule has 0 saturated carbocycles. The Bertz CT molecular complexity index is 1100. The van der Waals surface area contributed by atoms with Crippen molar-refractivity contribution < 1.29 is 4.79 Å². The monoisotopic (exact) mass is 348 g/mol. The topological polar surface area (TPSA) is 73.8 Å². The fraction of sp³-hybridized carbons (Fsp3) is 0. The fourth-order valence-corrected chi connectivity index (χ4v) is 2.98. The van der Waals surface area contributed by atoms with Gasteiger partial charge in [0.2, 0.25) is 5.95 Å².